The van der Waals surface area contributed by atoms with Gasteiger partial charge in [-0.1, -0.05) is 13.8 Å². The van der Waals surface area contributed by atoms with Crippen molar-refractivity contribution in [3.63, 3.8) is 0 Å². The Morgan fingerprint density at radius 1 is 1.56 bits per heavy atom. The summed E-state index contributed by atoms with van der Waals surface area (Å²) in [5.41, 5.74) is 0. The van der Waals surface area contributed by atoms with Gasteiger partial charge in [0, 0.05) is 18.6 Å². The SMILES string of the molecule is CC(C)NC1CCCN(Cc2ccco2)C1. The molecule has 0 aliphatic carbocycles. The van der Waals surface area contributed by atoms with Crippen molar-refractivity contribution in [3.05, 3.63) is 24.2 Å². The largest absolute Gasteiger partial charge is 0.468 e. The zero-order valence-electron chi connectivity index (χ0n) is 10.3. The van der Waals surface area contributed by atoms with Crippen LogP contribution in [0.2, 0.25) is 0 Å². The lowest BCUT2D eigenvalue weighted by molar-refractivity contribution is 0.168. The van der Waals surface area contributed by atoms with Crippen molar-refractivity contribution < 1.29 is 4.42 Å². The Morgan fingerprint density at radius 2 is 2.44 bits per heavy atom. The van der Waals surface area contributed by atoms with E-state index in [1.807, 2.05) is 6.07 Å². The number of rotatable bonds is 4. The number of nitrogens with zero attached hydrogens (tertiary/aromatic N) is 1. The summed E-state index contributed by atoms with van der Waals surface area (Å²) < 4.78 is 5.39. The molecule has 1 aromatic rings. The zero-order chi connectivity index (χ0) is 11.4. The Hall–Kier alpha value is -0.800. The lowest BCUT2D eigenvalue weighted by atomic mass is 10.0. The highest BCUT2D eigenvalue weighted by molar-refractivity contribution is 4.98. The maximum atomic E-state index is 5.39. The first kappa shape index (κ1) is 11.7. The molecule has 1 aliphatic heterocycles. The van der Waals surface area contributed by atoms with Crippen molar-refractivity contribution in [2.45, 2.75) is 45.3 Å². The maximum absolute atomic E-state index is 5.39. The third-order valence-electron chi connectivity index (χ3n) is 3.03. The van der Waals surface area contributed by atoms with Gasteiger partial charge in [0.1, 0.15) is 5.76 Å². The molecule has 0 spiro atoms. The molecule has 0 aromatic carbocycles. The molecule has 1 unspecified atom stereocenters. The minimum absolute atomic E-state index is 0.577. The molecule has 0 saturated carbocycles. The zero-order valence-corrected chi connectivity index (χ0v) is 10.3. The van der Waals surface area contributed by atoms with E-state index in [0.29, 0.717) is 12.1 Å². The molecule has 3 nitrogen and oxygen atoms in total. The van der Waals surface area contributed by atoms with Crippen LogP contribution >= 0.6 is 0 Å². The van der Waals surface area contributed by atoms with Gasteiger partial charge < -0.3 is 9.73 Å². The number of likely N-dealkylation sites (tertiary alicyclic amines) is 1. The van der Waals surface area contributed by atoms with Crippen molar-refractivity contribution in [2.24, 2.45) is 0 Å². The molecule has 2 rings (SSSR count). The van der Waals surface area contributed by atoms with Crippen LogP contribution in [0, 0.1) is 0 Å². The van der Waals surface area contributed by atoms with E-state index in [2.05, 4.69) is 30.1 Å². The Labute approximate surface area is 97.8 Å². The minimum Gasteiger partial charge on any atom is -0.468 e. The fourth-order valence-corrected chi connectivity index (χ4v) is 2.43. The van der Waals surface area contributed by atoms with Crippen molar-refractivity contribution in [1.82, 2.24) is 10.2 Å². The van der Waals surface area contributed by atoms with Crippen molar-refractivity contribution in [1.29, 1.82) is 0 Å². The predicted octanol–water partition coefficient (Wildman–Crippen LogP) is 2.24. The first-order valence-electron chi connectivity index (χ1n) is 6.25. The Kier molecular flexibility index (Phi) is 4.02. The van der Waals surface area contributed by atoms with E-state index in [9.17, 15) is 0 Å². The lowest BCUT2D eigenvalue weighted by Crippen LogP contribution is -2.47. The van der Waals surface area contributed by atoms with Gasteiger partial charge in [-0.3, -0.25) is 4.90 Å². The molecule has 0 bridgehead atoms. The summed E-state index contributed by atoms with van der Waals surface area (Å²) in [7, 11) is 0. The predicted molar refractivity (Wildman–Crippen MR) is 65.3 cm³/mol. The van der Waals surface area contributed by atoms with Crippen LogP contribution in [0.5, 0.6) is 0 Å². The summed E-state index contributed by atoms with van der Waals surface area (Å²) in [5.74, 6) is 1.07. The van der Waals surface area contributed by atoms with Gasteiger partial charge in [0.15, 0.2) is 0 Å². The number of furan rings is 1. The molecule has 1 aromatic heterocycles. The van der Waals surface area contributed by atoms with Crippen molar-refractivity contribution >= 4 is 0 Å². The highest BCUT2D eigenvalue weighted by Crippen LogP contribution is 2.14. The quantitative estimate of drug-likeness (QED) is 0.847. The average molecular weight is 222 g/mol. The lowest BCUT2D eigenvalue weighted by Gasteiger charge is -2.33. The van der Waals surface area contributed by atoms with E-state index in [-0.39, 0.29) is 0 Å². The van der Waals surface area contributed by atoms with Gasteiger partial charge >= 0.3 is 0 Å². The van der Waals surface area contributed by atoms with E-state index < -0.39 is 0 Å². The molecule has 16 heavy (non-hydrogen) atoms. The molecule has 0 amide bonds. The standard InChI is InChI=1S/C13H22N2O/c1-11(2)14-12-5-3-7-15(9-12)10-13-6-4-8-16-13/h4,6,8,11-12,14H,3,5,7,9-10H2,1-2H3. The third-order valence-corrected chi connectivity index (χ3v) is 3.03. The first-order chi connectivity index (χ1) is 7.74. The molecule has 3 heteroatoms. The van der Waals surface area contributed by atoms with Gasteiger partial charge in [-0.15, -0.1) is 0 Å². The third kappa shape index (κ3) is 3.35. The van der Waals surface area contributed by atoms with Gasteiger partial charge in [0.05, 0.1) is 12.8 Å². The minimum atomic E-state index is 0.577. The summed E-state index contributed by atoms with van der Waals surface area (Å²) >= 11 is 0. The van der Waals surface area contributed by atoms with E-state index in [0.717, 1.165) is 18.8 Å². The monoisotopic (exact) mass is 222 g/mol. The number of nitrogens with one attached hydrogen (secondary N) is 1. The van der Waals surface area contributed by atoms with E-state index in [4.69, 9.17) is 4.42 Å². The second kappa shape index (κ2) is 5.51. The Balaban J connectivity index is 1.82. The van der Waals surface area contributed by atoms with Crippen LogP contribution < -0.4 is 5.32 Å². The summed E-state index contributed by atoms with van der Waals surface area (Å²) in [6, 6.07) is 5.24. The highest BCUT2D eigenvalue weighted by Gasteiger charge is 2.20. The van der Waals surface area contributed by atoms with Crippen LogP contribution in [0.25, 0.3) is 0 Å². The molecule has 0 radical (unpaired) electrons. The second-order valence-corrected chi connectivity index (χ2v) is 4.97. The topological polar surface area (TPSA) is 28.4 Å². The number of hydrogen-bond donors (Lipinski definition) is 1. The van der Waals surface area contributed by atoms with Crippen LogP contribution in [-0.4, -0.2) is 30.1 Å². The van der Waals surface area contributed by atoms with E-state index in [1.54, 1.807) is 6.26 Å². The summed E-state index contributed by atoms with van der Waals surface area (Å²) in [6.07, 6.45) is 4.33. The van der Waals surface area contributed by atoms with E-state index in [1.165, 1.54) is 19.4 Å². The molecule has 1 N–H and O–H groups in total. The van der Waals surface area contributed by atoms with Gasteiger partial charge in [0.2, 0.25) is 0 Å². The summed E-state index contributed by atoms with van der Waals surface area (Å²) in [5, 5.41) is 3.62. The fourth-order valence-electron chi connectivity index (χ4n) is 2.43. The highest BCUT2D eigenvalue weighted by atomic mass is 16.3. The van der Waals surface area contributed by atoms with Crippen LogP contribution in [-0.2, 0) is 6.54 Å². The summed E-state index contributed by atoms with van der Waals surface area (Å²) in [6.45, 7) is 7.70. The molecule has 1 atom stereocenters. The van der Waals surface area contributed by atoms with Gasteiger partial charge in [-0.2, -0.15) is 0 Å². The van der Waals surface area contributed by atoms with Crippen molar-refractivity contribution in [2.75, 3.05) is 13.1 Å². The Morgan fingerprint density at radius 3 is 3.12 bits per heavy atom. The van der Waals surface area contributed by atoms with Crippen LogP contribution in [0.15, 0.2) is 22.8 Å². The first-order valence-corrected chi connectivity index (χ1v) is 6.25. The van der Waals surface area contributed by atoms with Gasteiger partial charge in [-0.05, 0) is 31.5 Å². The number of hydrogen-bond acceptors (Lipinski definition) is 3. The molecular weight excluding hydrogens is 200 g/mol. The normalized spacial score (nSPS) is 22.8. The molecule has 2 heterocycles. The smallest absolute Gasteiger partial charge is 0.117 e. The van der Waals surface area contributed by atoms with Gasteiger partial charge in [-0.25, -0.2) is 0 Å². The van der Waals surface area contributed by atoms with Crippen molar-refractivity contribution in [3.8, 4) is 0 Å². The fraction of sp³-hybridized carbons (Fsp3) is 0.692. The molecular formula is C13H22N2O. The molecule has 1 aliphatic rings. The molecule has 1 fully saturated rings. The molecule has 90 valence electrons. The van der Waals surface area contributed by atoms with Crippen LogP contribution in [0.1, 0.15) is 32.4 Å². The number of piperidine rings is 1. The van der Waals surface area contributed by atoms with Crippen LogP contribution in [0.4, 0.5) is 0 Å². The Bertz CT molecular complexity index is 295. The second-order valence-electron chi connectivity index (χ2n) is 4.97. The van der Waals surface area contributed by atoms with Gasteiger partial charge in [0.25, 0.3) is 0 Å². The average Bonchev–Trinajstić information content (AvgIpc) is 2.70. The maximum Gasteiger partial charge on any atom is 0.117 e. The van der Waals surface area contributed by atoms with Crippen LogP contribution in [0.3, 0.4) is 0 Å². The summed E-state index contributed by atoms with van der Waals surface area (Å²) in [4.78, 5) is 2.47. The van der Waals surface area contributed by atoms with E-state index >= 15 is 0 Å². The molecule has 1 saturated heterocycles.